The summed E-state index contributed by atoms with van der Waals surface area (Å²) in [6.45, 7) is 1.10. The lowest BCUT2D eigenvalue weighted by atomic mass is 9.87. The molecule has 0 spiro atoms. The molecular weight excluding hydrogens is 270 g/mol. The Bertz CT molecular complexity index is 594. The van der Waals surface area contributed by atoms with E-state index in [9.17, 15) is 0 Å². The Morgan fingerprint density at radius 1 is 1.09 bits per heavy atom. The number of ether oxygens (including phenoxy) is 1. The highest BCUT2D eigenvalue weighted by atomic mass is 16.5. The molecule has 0 fully saturated rings. The molecule has 1 N–H and O–H groups in total. The molecule has 1 atom stereocenters. The maximum atomic E-state index is 5.47. The highest BCUT2D eigenvalue weighted by molar-refractivity contribution is 5.42. The van der Waals surface area contributed by atoms with Gasteiger partial charge in [-0.1, -0.05) is 42.5 Å². The van der Waals surface area contributed by atoms with Gasteiger partial charge in [0.15, 0.2) is 0 Å². The van der Waals surface area contributed by atoms with E-state index in [4.69, 9.17) is 4.74 Å². The molecule has 1 aliphatic carbocycles. The normalized spacial score (nSPS) is 17.0. The lowest BCUT2D eigenvalue weighted by molar-refractivity contribution is 0.397. The van der Waals surface area contributed by atoms with Gasteiger partial charge in [0.1, 0.15) is 5.75 Å². The number of rotatable bonds is 6. The molecule has 3 rings (SSSR count). The van der Waals surface area contributed by atoms with Crippen LogP contribution in [0.5, 0.6) is 5.75 Å². The van der Waals surface area contributed by atoms with Crippen molar-refractivity contribution in [3.8, 4) is 5.75 Å². The Kier molecular flexibility index (Phi) is 5.12. The van der Waals surface area contributed by atoms with Crippen molar-refractivity contribution >= 4 is 0 Å². The first-order valence-electron chi connectivity index (χ1n) is 8.29. The zero-order valence-electron chi connectivity index (χ0n) is 13.3. The fraction of sp³-hybridized carbons (Fsp3) is 0.400. The van der Waals surface area contributed by atoms with Gasteiger partial charge in [0, 0.05) is 6.04 Å². The second kappa shape index (κ2) is 7.46. The van der Waals surface area contributed by atoms with Gasteiger partial charge in [-0.3, -0.25) is 0 Å². The van der Waals surface area contributed by atoms with Gasteiger partial charge < -0.3 is 10.1 Å². The SMILES string of the molecule is COc1cccc2c1CCC(NCCCc1ccccc1)C2. The molecule has 0 bridgehead atoms. The van der Waals surface area contributed by atoms with Crippen LogP contribution in [0.15, 0.2) is 48.5 Å². The zero-order valence-corrected chi connectivity index (χ0v) is 13.3. The van der Waals surface area contributed by atoms with Crippen molar-refractivity contribution in [1.29, 1.82) is 0 Å². The summed E-state index contributed by atoms with van der Waals surface area (Å²) in [6.07, 6.45) is 5.81. The summed E-state index contributed by atoms with van der Waals surface area (Å²) in [4.78, 5) is 0. The Morgan fingerprint density at radius 2 is 1.95 bits per heavy atom. The largest absolute Gasteiger partial charge is 0.496 e. The van der Waals surface area contributed by atoms with Crippen LogP contribution in [0.3, 0.4) is 0 Å². The second-order valence-corrected chi connectivity index (χ2v) is 6.08. The first kappa shape index (κ1) is 15.1. The van der Waals surface area contributed by atoms with Crippen LogP contribution in [0.1, 0.15) is 29.5 Å². The molecule has 1 aliphatic rings. The van der Waals surface area contributed by atoms with Crippen molar-refractivity contribution in [3.63, 3.8) is 0 Å². The van der Waals surface area contributed by atoms with E-state index in [0.717, 1.165) is 31.6 Å². The molecule has 1 unspecified atom stereocenters. The summed E-state index contributed by atoms with van der Waals surface area (Å²) < 4.78 is 5.47. The van der Waals surface area contributed by atoms with Crippen LogP contribution >= 0.6 is 0 Å². The Balaban J connectivity index is 1.47. The van der Waals surface area contributed by atoms with Gasteiger partial charge in [0.05, 0.1) is 7.11 Å². The van der Waals surface area contributed by atoms with E-state index in [1.807, 2.05) is 0 Å². The standard InChI is InChI=1S/C20H25NO/c1-22-20-11-5-10-17-15-18(12-13-19(17)20)21-14-6-9-16-7-3-2-4-8-16/h2-5,7-8,10-11,18,21H,6,9,12-15H2,1H3. The van der Waals surface area contributed by atoms with Crippen molar-refractivity contribution in [2.24, 2.45) is 0 Å². The topological polar surface area (TPSA) is 21.3 Å². The van der Waals surface area contributed by atoms with Gasteiger partial charge in [-0.05, 0) is 61.4 Å². The minimum absolute atomic E-state index is 0.607. The van der Waals surface area contributed by atoms with E-state index in [1.165, 1.54) is 29.5 Å². The summed E-state index contributed by atoms with van der Waals surface area (Å²) in [6, 6.07) is 17.8. The Morgan fingerprint density at radius 3 is 2.77 bits per heavy atom. The molecule has 2 nitrogen and oxygen atoms in total. The predicted molar refractivity (Wildman–Crippen MR) is 91.6 cm³/mol. The fourth-order valence-electron chi connectivity index (χ4n) is 3.38. The summed E-state index contributed by atoms with van der Waals surface area (Å²) in [5.41, 5.74) is 4.29. The number of nitrogens with one attached hydrogen (secondary N) is 1. The molecule has 0 saturated heterocycles. The summed E-state index contributed by atoms with van der Waals surface area (Å²) in [7, 11) is 1.77. The first-order chi connectivity index (χ1) is 10.9. The third kappa shape index (κ3) is 3.69. The van der Waals surface area contributed by atoms with Crippen LogP contribution in [-0.4, -0.2) is 19.7 Å². The first-order valence-corrected chi connectivity index (χ1v) is 8.29. The number of hydrogen-bond donors (Lipinski definition) is 1. The van der Waals surface area contributed by atoms with Crippen molar-refractivity contribution in [2.75, 3.05) is 13.7 Å². The minimum atomic E-state index is 0.607. The number of fused-ring (bicyclic) bond motifs is 1. The maximum absolute atomic E-state index is 5.47. The molecule has 0 saturated carbocycles. The number of methoxy groups -OCH3 is 1. The van der Waals surface area contributed by atoms with Crippen molar-refractivity contribution in [2.45, 2.75) is 38.1 Å². The maximum Gasteiger partial charge on any atom is 0.122 e. The summed E-state index contributed by atoms with van der Waals surface area (Å²) in [5, 5.41) is 3.73. The van der Waals surface area contributed by atoms with Gasteiger partial charge in [-0.25, -0.2) is 0 Å². The summed E-state index contributed by atoms with van der Waals surface area (Å²) in [5.74, 6) is 1.06. The highest BCUT2D eigenvalue weighted by Gasteiger charge is 2.20. The van der Waals surface area contributed by atoms with E-state index in [0.29, 0.717) is 6.04 Å². The van der Waals surface area contributed by atoms with Gasteiger partial charge in [0.25, 0.3) is 0 Å². The molecule has 2 aromatic rings. The van der Waals surface area contributed by atoms with Crippen LogP contribution in [-0.2, 0) is 19.3 Å². The van der Waals surface area contributed by atoms with Gasteiger partial charge in [-0.15, -0.1) is 0 Å². The van der Waals surface area contributed by atoms with Crippen LogP contribution in [0.2, 0.25) is 0 Å². The van der Waals surface area contributed by atoms with Crippen molar-refractivity contribution in [1.82, 2.24) is 5.32 Å². The Hall–Kier alpha value is -1.80. The van der Waals surface area contributed by atoms with E-state index >= 15 is 0 Å². The van der Waals surface area contributed by atoms with Gasteiger partial charge in [-0.2, -0.15) is 0 Å². The van der Waals surface area contributed by atoms with Crippen LogP contribution < -0.4 is 10.1 Å². The fourth-order valence-corrected chi connectivity index (χ4v) is 3.38. The highest BCUT2D eigenvalue weighted by Crippen LogP contribution is 2.29. The molecule has 2 aromatic carbocycles. The molecule has 2 heteroatoms. The van der Waals surface area contributed by atoms with Gasteiger partial charge >= 0.3 is 0 Å². The molecule has 0 radical (unpaired) electrons. The van der Waals surface area contributed by atoms with Crippen molar-refractivity contribution < 1.29 is 4.74 Å². The predicted octanol–water partition coefficient (Wildman–Crippen LogP) is 3.77. The smallest absolute Gasteiger partial charge is 0.122 e. The summed E-state index contributed by atoms with van der Waals surface area (Å²) >= 11 is 0. The lowest BCUT2D eigenvalue weighted by Gasteiger charge is -2.26. The van der Waals surface area contributed by atoms with E-state index in [-0.39, 0.29) is 0 Å². The quantitative estimate of drug-likeness (QED) is 0.819. The second-order valence-electron chi connectivity index (χ2n) is 6.08. The number of benzene rings is 2. The molecule has 22 heavy (non-hydrogen) atoms. The van der Waals surface area contributed by atoms with E-state index in [1.54, 1.807) is 7.11 Å². The molecule has 0 aliphatic heterocycles. The third-order valence-corrected chi connectivity index (χ3v) is 4.58. The Labute approximate surface area is 133 Å². The molecular formula is C20H25NO. The molecule has 0 heterocycles. The molecule has 116 valence electrons. The zero-order chi connectivity index (χ0) is 15.2. The monoisotopic (exact) mass is 295 g/mol. The number of aryl methyl sites for hydroxylation is 1. The molecule has 0 aromatic heterocycles. The van der Waals surface area contributed by atoms with E-state index < -0.39 is 0 Å². The van der Waals surface area contributed by atoms with Crippen LogP contribution in [0.4, 0.5) is 0 Å². The van der Waals surface area contributed by atoms with E-state index in [2.05, 4.69) is 53.8 Å². The third-order valence-electron chi connectivity index (χ3n) is 4.58. The average molecular weight is 295 g/mol. The van der Waals surface area contributed by atoms with Gasteiger partial charge in [0.2, 0.25) is 0 Å². The van der Waals surface area contributed by atoms with Crippen LogP contribution in [0, 0.1) is 0 Å². The minimum Gasteiger partial charge on any atom is -0.496 e. The lowest BCUT2D eigenvalue weighted by Crippen LogP contribution is -2.35. The molecule has 0 amide bonds. The number of hydrogen-bond acceptors (Lipinski definition) is 2. The van der Waals surface area contributed by atoms with Crippen LogP contribution in [0.25, 0.3) is 0 Å². The average Bonchev–Trinajstić information content (AvgIpc) is 2.59. The van der Waals surface area contributed by atoms with Crippen molar-refractivity contribution in [3.05, 3.63) is 65.2 Å².